The van der Waals surface area contributed by atoms with E-state index >= 15 is 0 Å². The highest BCUT2D eigenvalue weighted by Crippen LogP contribution is 2.29. The van der Waals surface area contributed by atoms with Gasteiger partial charge in [-0.2, -0.15) is 18.3 Å². The minimum absolute atomic E-state index is 0.0914. The van der Waals surface area contributed by atoms with Crippen LogP contribution in [0.25, 0.3) is 10.8 Å². The molecule has 0 fully saturated rings. The molecule has 10 heteroatoms. The topological polar surface area (TPSA) is 90.3 Å². The van der Waals surface area contributed by atoms with E-state index in [1.165, 1.54) is 11.6 Å². The molecule has 33 heavy (non-hydrogen) atoms. The van der Waals surface area contributed by atoms with Crippen LogP contribution in [-0.4, -0.2) is 27.8 Å². The highest BCUT2D eigenvalue weighted by Gasteiger charge is 2.30. The second-order valence-corrected chi connectivity index (χ2v) is 7.89. The number of amides is 1. The Kier molecular flexibility index (Phi) is 6.85. The average molecular weight is 461 g/mol. The summed E-state index contributed by atoms with van der Waals surface area (Å²) in [6, 6.07) is 10.3. The van der Waals surface area contributed by atoms with Crippen molar-refractivity contribution in [3.05, 3.63) is 70.1 Å². The number of carbonyl (C=O) groups excluding carboxylic acids is 2. The maximum absolute atomic E-state index is 12.8. The van der Waals surface area contributed by atoms with Crippen LogP contribution in [0.2, 0.25) is 0 Å². The van der Waals surface area contributed by atoms with E-state index in [0.717, 1.165) is 24.3 Å². The van der Waals surface area contributed by atoms with Gasteiger partial charge in [-0.3, -0.25) is 9.59 Å². The first kappa shape index (κ1) is 24.0. The molecule has 0 aliphatic carbocycles. The quantitative estimate of drug-likeness (QED) is 0.554. The van der Waals surface area contributed by atoms with Crippen LogP contribution < -0.4 is 10.9 Å². The predicted octanol–water partition coefficient (Wildman–Crippen LogP) is 4.26. The zero-order valence-corrected chi connectivity index (χ0v) is 18.1. The Bertz CT molecular complexity index is 1230. The number of hydrogen-bond acceptors (Lipinski definition) is 5. The second-order valence-electron chi connectivity index (χ2n) is 7.89. The number of esters is 1. The Morgan fingerprint density at radius 3 is 2.21 bits per heavy atom. The zero-order chi connectivity index (χ0) is 24.3. The molecule has 1 aromatic heterocycles. The molecule has 1 amide bonds. The number of nitrogens with one attached hydrogen (secondary N) is 1. The van der Waals surface area contributed by atoms with E-state index in [1.54, 1.807) is 24.3 Å². The van der Waals surface area contributed by atoms with Crippen molar-refractivity contribution >= 4 is 28.3 Å². The van der Waals surface area contributed by atoms with Crippen molar-refractivity contribution in [2.45, 2.75) is 39.6 Å². The summed E-state index contributed by atoms with van der Waals surface area (Å²) in [6.45, 7) is 5.40. The van der Waals surface area contributed by atoms with E-state index in [4.69, 9.17) is 4.74 Å². The number of hydrogen-bond donors (Lipinski definition) is 1. The van der Waals surface area contributed by atoms with Crippen LogP contribution in [0, 0.1) is 5.92 Å². The van der Waals surface area contributed by atoms with Gasteiger partial charge in [-0.15, -0.1) is 0 Å². The molecule has 3 aromatic rings. The third-order valence-corrected chi connectivity index (χ3v) is 4.73. The molecule has 7 nitrogen and oxygen atoms in total. The highest BCUT2D eigenvalue weighted by atomic mass is 19.4. The molecule has 1 heterocycles. The number of carbonyl (C=O) groups is 2. The summed E-state index contributed by atoms with van der Waals surface area (Å²) >= 11 is 0. The Morgan fingerprint density at radius 1 is 1.03 bits per heavy atom. The van der Waals surface area contributed by atoms with Crippen LogP contribution in [0.15, 0.2) is 53.3 Å². The Balaban J connectivity index is 1.79. The first-order chi connectivity index (χ1) is 15.5. The van der Waals surface area contributed by atoms with Gasteiger partial charge in [0.25, 0.3) is 11.5 Å². The van der Waals surface area contributed by atoms with E-state index < -0.39 is 29.7 Å². The van der Waals surface area contributed by atoms with Gasteiger partial charge < -0.3 is 10.1 Å². The molecule has 0 saturated heterocycles. The fourth-order valence-electron chi connectivity index (χ4n) is 3.11. The third-order valence-electron chi connectivity index (χ3n) is 4.73. The smallest absolute Gasteiger partial charge is 0.416 e. The van der Waals surface area contributed by atoms with Crippen molar-refractivity contribution < 1.29 is 27.5 Å². The Morgan fingerprint density at radius 2 is 1.64 bits per heavy atom. The number of benzene rings is 2. The third kappa shape index (κ3) is 5.57. The van der Waals surface area contributed by atoms with E-state index in [9.17, 15) is 27.6 Å². The Hall–Kier alpha value is -3.69. The van der Waals surface area contributed by atoms with Crippen LogP contribution >= 0.6 is 0 Å². The fraction of sp³-hybridized carbons (Fsp3) is 0.304. The van der Waals surface area contributed by atoms with Gasteiger partial charge in [-0.25, -0.2) is 9.48 Å². The second kappa shape index (κ2) is 9.43. The van der Waals surface area contributed by atoms with Crippen LogP contribution in [0.3, 0.4) is 0 Å². The van der Waals surface area contributed by atoms with E-state index in [2.05, 4.69) is 10.4 Å². The largest absolute Gasteiger partial charge is 0.448 e. The standard InChI is InChI=1S/C23H22F3N3O4/c1-13(2)12-29-21(31)18-7-5-4-6-17(18)19(28-29)22(32)33-14(3)20(30)27-16-10-8-15(9-11-16)23(24,25)26/h4-11,13-14H,12H2,1-3H3,(H,27,30). The van der Waals surface area contributed by atoms with Gasteiger partial charge in [0, 0.05) is 17.6 Å². The average Bonchev–Trinajstić information content (AvgIpc) is 2.75. The van der Waals surface area contributed by atoms with Gasteiger partial charge >= 0.3 is 12.1 Å². The molecule has 0 saturated carbocycles. The van der Waals surface area contributed by atoms with Crippen LogP contribution in [-0.2, 0) is 22.3 Å². The highest BCUT2D eigenvalue weighted by molar-refractivity contribution is 6.03. The molecule has 174 valence electrons. The molecule has 2 aromatic carbocycles. The van der Waals surface area contributed by atoms with E-state index in [1.807, 2.05) is 13.8 Å². The summed E-state index contributed by atoms with van der Waals surface area (Å²) in [5.41, 5.74) is -1.19. The molecule has 3 rings (SSSR count). The number of halogens is 3. The van der Waals surface area contributed by atoms with Crippen molar-refractivity contribution in [2.75, 3.05) is 5.32 Å². The molecule has 1 unspecified atom stereocenters. The summed E-state index contributed by atoms with van der Waals surface area (Å²) in [7, 11) is 0. The number of rotatable bonds is 6. The van der Waals surface area contributed by atoms with Gasteiger partial charge in [0.1, 0.15) is 0 Å². The van der Waals surface area contributed by atoms with E-state index in [0.29, 0.717) is 10.8 Å². The number of aromatic nitrogens is 2. The number of nitrogens with zero attached hydrogens (tertiary/aromatic N) is 2. The summed E-state index contributed by atoms with van der Waals surface area (Å²) < 4.78 is 44.5. The van der Waals surface area contributed by atoms with Gasteiger partial charge in [0.15, 0.2) is 11.8 Å². The summed E-state index contributed by atoms with van der Waals surface area (Å²) in [6.07, 6.45) is -5.77. The summed E-state index contributed by atoms with van der Waals surface area (Å²) in [5.74, 6) is -1.55. The van der Waals surface area contributed by atoms with Crippen molar-refractivity contribution in [1.29, 1.82) is 0 Å². The first-order valence-corrected chi connectivity index (χ1v) is 10.2. The van der Waals surface area contributed by atoms with Crippen LogP contribution in [0.1, 0.15) is 36.8 Å². The monoisotopic (exact) mass is 461 g/mol. The lowest BCUT2D eigenvalue weighted by molar-refractivity contribution is -0.137. The van der Waals surface area contributed by atoms with Crippen LogP contribution in [0.5, 0.6) is 0 Å². The predicted molar refractivity (Wildman–Crippen MR) is 116 cm³/mol. The summed E-state index contributed by atoms with van der Waals surface area (Å²) in [4.78, 5) is 37.9. The lowest BCUT2D eigenvalue weighted by atomic mass is 10.1. The molecule has 0 bridgehead atoms. The van der Waals surface area contributed by atoms with Gasteiger partial charge in [-0.1, -0.05) is 32.0 Å². The zero-order valence-electron chi connectivity index (χ0n) is 18.1. The number of anilines is 1. The van der Waals surface area contributed by atoms with E-state index in [-0.39, 0.29) is 29.4 Å². The Labute approximate surface area is 187 Å². The minimum Gasteiger partial charge on any atom is -0.448 e. The molecule has 0 radical (unpaired) electrons. The summed E-state index contributed by atoms with van der Waals surface area (Å²) in [5, 5.41) is 7.15. The fourth-order valence-corrected chi connectivity index (χ4v) is 3.11. The number of alkyl halides is 3. The maximum atomic E-state index is 12.8. The maximum Gasteiger partial charge on any atom is 0.416 e. The van der Waals surface area contributed by atoms with Crippen molar-refractivity contribution in [1.82, 2.24) is 9.78 Å². The lowest BCUT2D eigenvalue weighted by Crippen LogP contribution is -2.32. The molecular weight excluding hydrogens is 439 g/mol. The van der Waals surface area contributed by atoms with Crippen molar-refractivity contribution in [3.63, 3.8) is 0 Å². The number of fused-ring (bicyclic) bond motifs is 1. The molecule has 0 aliphatic heterocycles. The molecule has 0 spiro atoms. The van der Waals surface area contributed by atoms with Gasteiger partial charge in [0.05, 0.1) is 10.9 Å². The minimum atomic E-state index is -4.49. The lowest BCUT2D eigenvalue weighted by Gasteiger charge is -2.16. The first-order valence-electron chi connectivity index (χ1n) is 10.2. The van der Waals surface area contributed by atoms with Crippen LogP contribution in [0.4, 0.5) is 18.9 Å². The van der Waals surface area contributed by atoms with Gasteiger partial charge in [0.2, 0.25) is 0 Å². The normalized spacial score (nSPS) is 12.6. The van der Waals surface area contributed by atoms with Crippen molar-refractivity contribution in [2.24, 2.45) is 5.92 Å². The molecule has 0 aliphatic rings. The molecule has 1 atom stereocenters. The van der Waals surface area contributed by atoms with Gasteiger partial charge in [-0.05, 0) is 43.2 Å². The molecular formula is C23H22F3N3O4. The van der Waals surface area contributed by atoms with Crippen molar-refractivity contribution in [3.8, 4) is 0 Å². The number of ether oxygens (including phenoxy) is 1. The molecule has 1 N–H and O–H groups in total. The SMILES string of the molecule is CC(C)Cn1nc(C(=O)OC(C)C(=O)Nc2ccc(C(F)(F)F)cc2)c2ccccc2c1=O.